The highest BCUT2D eigenvalue weighted by atomic mass is 16.5. The maximum atomic E-state index is 11.6. The number of amides is 1. The van der Waals surface area contributed by atoms with Crippen molar-refractivity contribution in [2.45, 2.75) is 19.4 Å². The number of nitrogens with zero attached hydrogens (tertiary/aromatic N) is 2. The lowest BCUT2D eigenvalue weighted by Gasteiger charge is -2.24. The summed E-state index contributed by atoms with van der Waals surface area (Å²) >= 11 is 0. The summed E-state index contributed by atoms with van der Waals surface area (Å²) in [6.45, 7) is 3.40. The molecule has 1 amide bonds. The number of primary amides is 1. The molecule has 1 aromatic carbocycles. The maximum absolute atomic E-state index is 11.6. The summed E-state index contributed by atoms with van der Waals surface area (Å²) in [6, 6.07) is 5.36. The third kappa shape index (κ3) is 1.66. The summed E-state index contributed by atoms with van der Waals surface area (Å²) in [5.74, 6) is 0.447. The first-order valence-electron chi connectivity index (χ1n) is 5.50. The zero-order chi connectivity index (χ0) is 13.5. The molecule has 0 bridgehead atoms. The minimum Gasteiger partial charge on any atom is -0.497 e. The summed E-state index contributed by atoms with van der Waals surface area (Å²) in [7, 11) is 1.57. The van der Waals surface area contributed by atoms with Crippen molar-refractivity contribution >= 4 is 22.9 Å². The summed E-state index contributed by atoms with van der Waals surface area (Å²) in [6.07, 6.45) is 0. The van der Waals surface area contributed by atoms with Crippen LogP contribution in [0.4, 0.5) is 5.95 Å². The van der Waals surface area contributed by atoms with E-state index in [4.69, 9.17) is 16.2 Å². The van der Waals surface area contributed by atoms with Crippen LogP contribution >= 0.6 is 0 Å². The van der Waals surface area contributed by atoms with Gasteiger partial charge < -0.3 is 16.2 Å². The molecule has 0 saturated carbocycles. The second kappa shape index (κ2) is 3.90. The first kappa shape index (κ1) is 12.2. The molecule has 0 saturated heterocycles. The van der Waals surface area contributed by atoms with E-state index in [-0.39, 0.29) is 5.95 Å². The zero-order valence-corrected chi connectivity index (χ0v) is 10.6. The molecule has 0 aliphatic rings. The number of imidazole rings is 1. The monoisotopic (exact) mass is 248 g/mol. The molecule has 0 spiro atoms. The Kier molecular flexibility index (Phi) is 2.65. The Morgan fingerprint density at radius 1 is 1.44 bits per heavy atom. The van der Waals surface area contributed by atoms with E-state index >= 15 is 0 Å². The summed E-state index contributed by atoms with van der Waals surface area (Å²) in [5.41, 5.74) is 11.8. The van der Waals surface area contributed by atoms with Gasteiger partial charge in [0.25, 0.3) is 0 Å². The first-order valence-corrected chi connectivity index (χ1v) is 5.50. The first-order chi connectivity index (χ1) is 8.37. The van der Waals surface area contributed by atoms with Crippen molar-refractivity contribution in [1.29, 1.82) is 0 Å². The number of benzene rings is 1. The Morgan fingerprint density at radius 3 is 2.67 bits per heavy atom. The fourth-order valence-corrected chi connectivity index (χ4v) is 1.90. The van der Waals surface area contributed by atoms with Crippen molar-refractivity contribution in [3.63, 3.8) is 0 Å². The van der Waals surface area contributed by atoms with E-state index in [2.05, 4.69) is 4.98 Å². The van der Waals surface area contributed by atoms with Gasteiger partial charge in [-0.05, 0) is 26.0 Å². The standard InChI is InChI=1S/C12H16N4O2/c1-12(2,10(13)17)16-9-6-7(18-3)4-5-8(9)15-11(16)14/h4-6H,1-3H3,(H2,13,17)(H2,14,15). The largest absolute Gasteiger partial charge is 0.497 e. The van der Waals surface area contributed by atoms with Gasteiger partial charge in [0.05, 0.1) is 18.1 Å². The van der Waals surface area contributed by atoms with Gasteiger partial charge in [-0.25, -0.2) is 4.98 Å². The van der Waals surface area contributed by atoms with Gasteiger partial charge in [0, 0.05) is 6.07 Å². The summed E-state index contributed by atoms with van der Waals surface area (Å²) in [4.78, 5) is 15.8. The fraction of sp³-hybridized carbons (Fsp3) is 0.333. The topological polar surface area (TPSA) is 96.2 Å². The Hall–Kier alpha value is -2.24. The molecule has 2 rings (SSSR count). The normalized spacial score (nSPS) is 11.7. The SMILES string of the molecule is COc1ccc2nc(N)n(C(C)(C)C(N)=O)c2c1. The number of anilines is 1. The minimum atomic E-state index is -0.953. The van der Waals surface area contributed by atoms with Crippen molar-refractivity contribution in [3.05, 3.63) is 18.2 Å². The molecule has 18 heavy (non-hydrogen) atoms. The van der Waals surface area contributed by atoms with Gasteiger partial charge in [0.1, 0.15) is 11.3 Å². The van der Waals surface area contributed by atoms with Crippen LogP contribution in [0.3, 0.4) is 0 Å². The molecule has 6 nitrogen and oxygen atoms in total. The number of nitrogen functional groups attached to an aromatic ring is 1. The van der Waals surface area contributed by atoms with Crippen molar-refractivity contribution in [2.75, 3.05) is 12.8 Å². The lowest BCUT2D eigenvalue weighted by atomic mass is 10.0. The van der Waals surface area contributed by atoms with Crippen LogP contribution in [-0.2, 0) is 10.3 Å². The predicted molar refractivity (Wildman–Crippen MR) is 69.2 cm³/mol. The van der Waals surface area contributed by atoms with Gasteiger partial charge in [-0.15, -0.1) is 0 Å². The number of ether oxygens (including phenoxy) is 1. The summed E-state index contributed by atoms with van der Waals surface area (Å²) < 4.78 is 6.78. The molecule has 0 unspecified atom stereocenters. The molecule has 2 aromatic rings. The van der Waals surface area contributed by atoms with Crippen LogP contribution in [0.15, 0.2) is 18.2 Å². The average molecular weight is 248 g/mol. The lowest BCUT2D eigenvalue weighted by Crippen LogP contribution is -2.41. The molecule has 4 N–H and O–H groups in total. The lowest BCUT2D eigenvalue weighted by molar-refractivity contribution is -0.124. The molecule has 96 valence electrons. The number of rotatable bonds is 3. The zero-order valence-electron chi connectivity index (χ0n) is 10.6. The molecular weight excluding hydrogens is 232 g/mol. The highest BCUT2D eigenvalue weighted by molar-refractivity contribution is 5.87. The number of carbonyl (C=O) groups excluding carboxylic acids is 1. The van der Waals surface area contributed by atoms with Gasteiger partial charge >= 0.3 is 0 Å². The van der Waals surface area contributed by atoms with Gasteiger partial charge in [-0.1, -0.05) is 0 Å². The number of hydrogen-bond acceptors (Lipinski definition) is 4. The second-order valence-corrected chi connectivity index (χ2v) is 4.58. The molecule has 0 atom stereocenters. The highest BCUT2D eigenvalue weighted by Gasteiger charge is 2.31. The van der Waals surface area contributed by atoms with Crippen LogP contribution in [0.1, 0.15) is 13.8 Å². The number of hydrogen-bond donors (Lipinski definition) is 2. The van der Waals surface area contributed by atoms with E-state index in [0.29, 0.717) is 11.3 Å². The smallest absolute Gasteiger partial charge is 0.243 e. The van der Waals surface area contributed by atoms with Crippen LogP contribution in [0.25, 0.3) is 11.0 Å². The Bertz CT molecular complexity index is 616. The van der Waals surface area contributed by atoms with Crippen molar-refractivity contribution < 1.29 is 9.53 Å². The summed E-state index contributed by atoms with van der Waals surface area (Å²) in [5, 5.41) is 0. The van der Waals surface area contributed by atoms with Gasteiger partial charge in [-0.3, -0.25) is 9.36 Å². The van der Waals surface area contributed by atoms with E-state index in [9.17, 15) is 4.79 Å². The van der Waals surface area contributed by atoms with Crippen LogP contribution in [0.2, 0.25) is 0 Å². The number of carbonyl (C=O) groups is 1. The predicted octanol–water partition coefficient (Wildman–Crippen LogP) is 0.847. The second-order valence-electron chi connectivity index (χ2n) is 4.58. The Balaban J connectivity index is 2.76. The molecule has 0 aliphatic carbocycles. The maximum Gasteiger partial charge on any atom is 0.243 e. The third-order valence-electron chi connectivity index (χ3n) is 3.05. The van der Waals surface area contributed by atoms with Crippen LogP contribution < -0.4 is 16.2 Å². The van der Waals surface area contributed by atoms with E-state index in [1.807, 2.05) is 0 Å². The molecular formula is C12H16N4O2. The van der Waals surface area contributed by atoms with Gasteiger partial charge in [0.2, 0.25) is 11.9 Å². The molecule has 1 heterocycles. The van der Waals surface area contributed by atoms with E-state index in [0.717, 1.165) is 5.52 Å². The van der Waals surface area contributed by atoms with E-state index < -0.39 is 11.4 Å². The van der Waals surface area contributed by atoms with Crippen molar-refractivity contribution in [1.82, 2.24) is 9.55 Å². The number of nitrogens with two attached hydrogens (primary N) is 2. The minimum absolute atomic E-state index is 0.252. The average Bonchev–Trinajstić information content (AvgIpc) is 2.63. The number of aromatic nitrogens is 2. The highest BCUT2D eigenvalue weighted by Crippen LogP contribution is 2.29. The Morgan fingerprint density at radius 2 is 2.11 bits per heavy atom. The quantitative estimate of drug-likeness (QED) is 0.841. The van der Waals surface area contributed by atoms with E-state index in [1.54, 1.807) is 43.7 Å². The molecule has 6 heteroatoms. The van der Waals surface area contributed by atoms with Crippen molar-refractivity contribution in [3.8, 4) is 5.75 Å². The number of methoxy groups -OCH3 is 1. The van der Waals surface area contributed by atoms with Gasteiger partial charge in [0.15, 0.2) is 0 Å². The molecule has 0 radical (unpaired) electrons. The van der Waals surface area contributed by atoms with Crippen LogP contribution in [0.5, 0.6) is 5.75 Å². The fourth-order valence-electron chi connectivity index (χ4n) is 1.90. The van der Waals surface area contributed by atoms with Crippen molar-refractivity contribution in [2.24, 2.45) is 5.73 Å². The third-order valence-corrected chi connectivity index (χ3v) is 3.05. The van der Waals surface area contributed by atoms with Crippen LogP contribution in [-0.4, -0.2) is 22.6 Å². The molecule has 1 aromatic heterocycles. The molecule has 0 fully saturated rings. The molecule has 0 aliphatic heterocycles. The Labute approximate surface area is 105 Å². The van der Waals surface area contributed by atoms with E-state index in [1.165, 1.54) is 0 Å². The van der Waals surface area contributed by atoms with Gasteiger partial charge in [-0.2, -0.15) is 0 Å². The van der Waals surface area contributed by atoms with Crippen LogP contribution in [0, 0.1) is 0 Å². The number of fused-ring (bicyclic) bond motifs is 1.